The van der Waals surface area contributed by atoms with Crippen LogP contribution >= 0.6 is 0 Å². The fourth-order valence-electron chi connectivity index (χ4n) is 2.91. The molecule has 5 heteroatoms. The van der Waals surface area contributed by atoms with Crippen LogP contribution in [0.3, 0.4) is 0 Å². The van der Waals surface area contributed by atoms with Gasteiger partial charge in [-0.15, -0.1) is 0 Å². The van der Waals surface area contributed by atoms with Crippen LogP contribution in [0.2, 0.25) is 0 Å². The van der Waals surface area contributed by atoms with Crippen LogP contribution in [0, 0.1) is 0 Å². The summed E-state index contributed by atoms with van der Waals surface area (Å²) in [6.07, 6.45) is 13.0. The highest BCUT2D eigenvalue weighted by Gasteiger charge is 2.19. The Morgan fingerprint density at radius 3 is 2.81 bits per heavy atom. The lowest BCUT2D eigenvalue weighted by Gasteiger charge is -2.15. The summed E-state index contributed by atoms with van der Waals surface area (Å²) in [6, 6.07) is 2.27. The molecule has 1 atom stereocenters. The number of rotatable bonds is 5. The normalized spacial score (nSPS) is 16.8. The number of nitrogens with one attached hydrogen (secondary N) is 1. The molecule has 0 aromatic carbocycles. The van der Waals surface area contributed by atoms with Crippen LogP contribution in [0.15, 0.2) is 30.9 Å². The first kappa shape index (κ1) is 13.9. The summed E-state index contributed by atoms with van der Waals surface area (Å²) in [6.45, 7) is 2.11. The van der Waals surface area contributed by atoms with Crippen molar-refractivity contribution in [1.29, 1.82) is 0 Å². The van der Waals surface area contributed by atoms with Gasteiger partial charge in [0.2, 0.25) is 5.95 Å². The van der Waals surface area contributed by atoms with Gasteiger partial charge in [0.05, 0.1) is 5.69 Å². The zero-order valence-electron chi connectivity index (χ0n) is 12.4. The molecule has 1 aliphatic carbocycles. The molecule has 1 fully saturated rings. The van der Waals surface area contributed by atoms with Gasteiger partial charge < -0.3 is 5.32 Å². The SMILES string of the molecule is CC(Cc1cnccn1)Nc1nccc(C2CCCC2)n1. The lowest BCUT2D eigenvalue weighted by atomic mass is 10.0. The van der Waals surface area contributed by atoms with E-state index in [0.717, 1.165) is 18.1 Å². The Morgan fingerprint density at radius 2 is 2.05 bits per heavy atom. The van der Waals surface area contributed by atoms with Gasteiger partial charge in [-0.25, -0.2) is 9.97 Å². The molecule has 1 N–H and O–H groups in total. The van der Waals surface area contributed by atoms with Crippen molar-refractivity contribution in [1.82, 2.24) is 19.9 Å². The fourth-order valence-corrected chi connectivity index (χ4v) is 2.91. The Labute approximate surface area is 125 Å². The quantitative estimate of drug-likeness (QED) is 0.914. The first-order valence-corrected chi connectivity index (χ1v) is 7.65. The molecular weight excluding hydrogens is 262 g/mol. The van der Waals surface area contributed by atoms with Crippen molar-refractivity contribution in [3.05, 3.63) is 42.2 Å². The number of aromatic nitrogens is 4. The van der Waals surface area contributed by atoms with Crippen LogP contribution < -0.4 is 5.32 Å². The number of anilines is 1. The highest BCUT2D eigenvalue weighted by atomic mass is 15.1. The molecule has 1 unspecified atom stereocenters. The van der Waals surface area contributed by atoms with E-state index in [0.29, 0.717) is 5.92 Å². The summed E-state index contributed by atoms with van der Waals surface area (Å²) in [5, 5.41) is 3.36. The van der Waals surface area contributed by atoms with Gasteiger partial charge in [0.1, 0.15) is 0 Å². The summed E-state index contributed by atoms with van der Waals surface area (Å²) >= 11 is 0. The largest absolute Gasteiger partial charge is 0.351 e. The molecular formula is C16H21N5. The smallest absolute Gasteiger partial charge is 0.223 e. The maximum Gasteiger partial charge on any atom is 0.223 e. The molecule has 2 aromatic heterocycles. The highest BCUT2D eigenvalue weighted by Crippen LogP contribution is 2.32. The second kappa shape index (κ2) is 6.61. The van der Waals surface area contributed by atoms with Gasteiger partial charge in [0, 0.05) is 48.9 Å². The summed E-state index contributed by atoms with van der Waals surface area (Å²) < 4.78 is 0. The molecule has 0 amide bonds. The minimum absolute atomic E-state index is 0.223. The minimum Gasteiger partial charge on any atom is -0.351 e. The molecule has 2 aromatic rings. The average Bonchev–Trinajstić information content (AvgIpc) is 3.02. The molecule has 1 aliphatic rings. The van der Waals surface area contributed by atoms with E-state index in [2.05, 4.69) is 38.2 Å². The minimum atomic E-state index is 0.223. The molecule has 110 valence electrons. The van der Waals surface area contributed by atoms with Crippen molar-refractivity contribution in [3.8, 4) is 0 Å². The number of nitrogens with zero attached hydrogens (tertiary/aromatic N) is 4. The monoisotopic (exact) mass is 283 g/mol. The third-order valence-electron chi connectivity index (χ3n) is 3.96. The Balaban J connectivity index is 1.63. The summed E-state index contributed by atoms with van der Waals surface area (Å²) in [7, 11) is 0. The second-order valence-corrected chi connectivity index (χ2v) is 5.73. The predicted molar refractivity (Wildman–Crippen MR) is 82.1 cm³/mol. The van der Waals surface area contributed by atoms with Crippen LogP contribution in [0.1, 0.15) is 49.9 Å². The zero-order valence-corrected chi connectivity index (χ0v) is 12.4. The van der Waals surface area contributed by atoms with E-state index in [4.69, 9.17) is 0 Å². The maximum atomic E-state index is 4.68. The van der Waals surface area contributed by atoms with Crippen LogP contribution in [0.25, 0.3) is 0 Å². The standard InChI is InChI=1S/C16H21N5/c1-12(10-14-11-17-8-9-18-14)20-16-19-7-6-15(21-16)13-4-2-3-5-13/h6-9,11-13H,2-5,10H2,1H3,(H,19,20,21). The van der Waals surface area contributed by atoms with E-state index in [9.17, 15) is 0 Å². The Bertz CT molecular complexity index is 566. The number of hydrogen-bond donors (Lipinski definition) is 1. The summed E-state index contributed by atoms with van der Waals surface area (Å²) in [5.41, 5.74) is 2.15. The third-order valence-corrected chi connectivity index (χ3v) is 3.96. The highest BCUT2D eigenvalue weighted by molar-refractivity contribution is 5.28. The Kier molecular flexibility index (Phi) is 4.38. The van der Waals surface area contributed by atoms with Crippen molar-refractivity contribution in [2.75, 3.05) is 5.32 Å². The van der Waals surface area contributed by atoms with Gasteiger partial charge in [-0.05, 0) is 25.8 Å². The molecule has 0 bridgehead atoms. The van der Waals surface area contributed by atoms with Gasteiger partial charge >= 0.3 is 0 Å². The molecule has 5 nitrogen and oxygen atoms in total. The Hall–Kier alpha value is -2.04. The van der Waals surface area contributed by atoms with Gasteiger partial charge in [0.25, 0.3) is 0 Å². The third kappa shape index (κ3) is 3.74. The fraction of sp³-hybridized carbons (Fsp3) is 0.500. The van der Waals surface area contributed by atoms with Gasteiger partial charge in [-0.1, -0.05) is 12.8 Å². The molecule has 1 saturated carbocycles. The maximum absolute atomic E-state index is 4.68. The zero-order chi connectivity index (χ0) is 14.5. The van der Waals surface area contributed by atoms with Gasteiger partial charge in [0.15, 0.2) is 0 Å². The molecule has 2 heterocycles. The van der Waals surface area contributed by atoms with E-state index in [1.165, 1.54) is 31.4 Å². The van der Waals surface area contributed by atoms with Crippen molar-refractivity contribution < 1.29 is 0 Å². The molecule has 0 saturated heterocycles. The van der Waals surface area contributed by atoms with E-state index in [1.807, 2.05) is 6.20 Å². The second-order valence-electron chi connectivity index (χ2n) is 5.73. The lowest BCUT2D eigenvalue weighted by Crippen LogP contribution is -2.20. The van der Waals surface area contributed by atoms with Crippen LogP contribution in [0.4, 0.5) is 5.95 Å². The lowest BCUT2D eigenvalue weighted by molar-refractivity contribution is 0.689. The van der Waals surface area contributed by atoms with Crippen molar-refractivity contribution in [3.63, 3.8) is 0 Å². The van der Waals surface area contributed by atoms with Crippen molar-refractivity contribution >= 4 is 5.95 Å². The average molecular weight is 283 g/mol. The van der Waals surface area contributed by atoms with Crippen molar-refractivity contribution in [2.45, 2.75) is 51.0 Å². The molecule has 0 radical (unpaired) electrons. The van der Waals surface area contributed by atoms with Crippen LogP contribution in [0.5, 0.6) is 0 Å². The van der Waals surface area contributed by atoms with Crippen molar-refractivity contribution in [2.24, 2.45) is 0 Å². The molecule has 0 spiro atoms. The van der Waals surface area contributed by atoms with Gasteiger partial charge in [-0.3, -0.25) is 9.97 Å². The first-order chi connectivity index (χ1) is 10.3. The molecule has 21 heavy (non-hydrogen) atoms. The van der Waals surface area contributed by atoms with E-state index < -0.39 is 0 Å². The van der Waals surface area contributed by atoms with Gasteiger partial charge in [-0.2, -0.15) is 0 Å². The number of hydrogen-bond acceptors (Lipinski definition) is 5. The topological polar surface area (TPSA) is 63.6 Å². The predicted octanol–water partition coefficient (Wildman–Crippen LogP) is 2.97. The van der Waals surface area contributed by atoms with Crippen LogP contribution in [-0.4, -0.2) is 26.0 Å². The molecule has 0 aliphatic heterocycles. The summed E-state index contributed by atoms with van der Waals surface area (Å²) in [4.78, 5) is 17.4. The van der Waals surface area contributed by atoms with E-state index >= 15 is 0 Å². The Morgan fingerprint density at radius 1 is 1.19 bits per heavy atom. The summed E-state index contributed by atoms with van der Waals surface area (Å²) in [5.74, 6) is 1.33. The van der Waals surface area contributed by atoms with Crippen LogP contribution in [-0.2, 0) is 6.42 Å². The van der Waals surface area contributed by atoms with E-state index in [-0.39, 0.29) is 6.04 Å². The first-order valence-electron chi connectivity index (χ1n) is 7.65. The van der Waals surface area contributed by atoms with E-state index in [1.54, 1.807) is 18.6 Å². The molecule has 3 rings (SSSR count).